The van der Waals surface area contributed by atoms with Crippen molar-refractivity contribution in [2.24, 2.45) is 0 Å². The summed E-state index contributed by atoms with van der Waals surface area (Å²) in [5.41, 5.74) is 1.16. The first-order valence-corrected chi connectivity index (χ1v) is 4.83. The fourth-order valence-corrected chi connectivity index (χ4v) is 2.25. The third kappa shape index (κ3) is 1.82. The molecule has 0 saturated carbocycles. The minimum absolute atomic E-state index is 0.936. The second-order valence-corrected chi connectivity index (χ2v) is 4.46. The van der Waals surface area contributed by atoms with Crippen molar-refractivity contribution in [1.82, 2.24) is 0 Å². The maximum atomic E-state index is 3.83. The summed E-state index contributed by atoms with van der Waals surface area (Å²) in [6.07, 6.45) is 1.85. The van der Waals surface area contributed by atoms with Gasteiger partial charge < -0.3 is 0 Å². The topological polar surface area (TPSA) is 0 Å². The maximum Gasteiger partial charge on any atom is 0.0481 e. The zero-order valence-corrected chi connectivity index (χ0v) is 8.76. The Hall–Kier alpha value is -0.340. The van der Waals surface area contributed by atoms with Crippen LogP contribution in [0.1, 0.15) is 15.3 Å². The highest BCUT2D eigenvalue weighted by Crippen LogP contribution is 2.31. The number of rotatable bonds is 2. The average molecular weight is 229 g/mol. The van der Waals surface area contributed by atoms with E-state index in [9.17, 15) is 0 Å². The summed E-state index contributed by atoms with van der Waals surface area (Å²) in [6, 6.07) is 2.11. The van der Waals surface area contributed by atoms with E-state index in [0.717, 1.165) is 10.0 Å². The van der Waals surface area contributed by atoms with Gasteiger partial charge in [-0.25, -0.2) is 0 Å². The molecule has 1 aromatic heterocycles. The van der Waals surface area contributed by atoms with Crippen molar-refractivity contribution in [3.05, 3.63) is 34.5 Å². The molecule has 0 nitrogen and oxygen atoms in total. The lowest BCUT2D eigenvalue weighted by molar-refractivity contribution is 1.63. The number of thiophene rings is 1. The van der Waals surface area contributed by atoms with Crippen LogP contribution in [-0.4, -0.2) is 0 Å². The van der Waals surface area contributed by atoms with Crippen molar-refractivity contribution in [2.75, 3.05) is 0 Å². The first-order valence-electron chi connectivity index (χ1n) is 3.23. The molecule has 0 radical (unpaired) electrons. The highest BCUT2D eigenvalue weighted by Gasteiger charge is 2.04. The van der Waals surface area contributed by atoms with E-state index in [4.69, 9.17) is 0 Å². The Morgan fingerprint density at radius 1 is 1.73 bits per heavy atom. The van der Waals surface area contributed by atoms with E-state index in [1.54, 1.807) is 11.3 Å². The first kappa shape index (κ1) is 8.75. The van der Waals surface area contributed by atoms with E-state index in [0.29, 0.717) is 0 Å². The highest BCUT2D eigenvalue weighted by atomic mass is 79.9. The molecule has 1 heterocycles. The Morgan fingerprint density at radius 2 is 2.36 bits per heavy atom. The van der Waals surface area contributed by atoms with Gasteiger partial charge in [0, 0.05) is 14.2 Å². The van der Waals surface area contributed by atoms with Crippen molar-refractivity contribution in [3.63, 3.8) is 0 Å². The van der Waals surface area contributed by atoms with Crippen LogP contribution in [0, 0.1) is 6.92 Å². The molecule has 1 aromatic rings. The van der Waals surface area contributed by atoms with Crippen LogP contribution < -0.4 is 0 Å². The van der Waals surface area contributed by atoms with Crippen LogP contribution in [0.25, 0.3) is 10.6 Å². The second kappa shape index (κ2) is 3.37. The Balaban J connectivity index is 3.22. The Bertz CT molecular complexity index is 297. The molecule has 0 aromatic carbocycles. The lowest BCUT2D eigenvalue weighted by Gasteiger charge is -1.92. The van der Waals surface area contributed by atoms with Gasteiger partial charge in [-0.05, 0) is 34.5 Å². The van der Waals surface area contributed by atoms with E-state index >= 15 is 0 Å². The number of hydrogen-bond donors (Lipinski definition) is 0. The average Bonchev–Trinajstić information content (AvgIpc) is 2.30. The van der Waals surface area contributed by atoms with E-state index in [1.165, 1.54) is 9.75 Å². The SMILES string of the molecule is C=Cc1cc(C)sc1C(=C)Br. The van der Waals surface area contributed by atoms with Gasteiger partial charge in [-0.15, -0.1) is 11.3 Å². The lowest BCUT2D eigenvalue weighted by Crippen LogP contribution is -1.69. The summed E-state index contributed by atoms with van der Waals surface area (Å²) in [5, 5.41) is 0. The van der Waals surface area contributed by atoms with Gasteiger partial charge in [-0.3, -0.25) is 0 Å². The standard InChI is InChI=1S/C9H9BrS/c1-4-8-5-6(2)11-9(8)7(3)10/h4-5H,1,3H2,2H3. The molecular weight excluding hydrogens is 220 g/mol. The molecule has 0 fully saturated rings. The summed E-state index contributed by atoms with van der Waals surface area (Å²) in [5.74, 6) is 0. The summed E-state index contributed by atoms with van der Waals surface area (Å²) in [4.78, 5) is 2.47. The molecule has 0 aliphatic heterocycles. The molecule has 58 valence electrons. The molecule has 0 bridgehead atoms. The number of aryl methyl sites for hydroxylation is 1. The Morgan fingerprint density at radius 3 is 2.73 bits per heavy atom. The quantitative estimate of drug-likeness (QED) is 0.717. The molecule has 0 atom stereocenters. The fourth-order valence-electron chi connectivity index (χ4n) is 0.898. The van der Waals surface area contributed by atoms with Crippen molar-refractivity contribution in [2.45, 2.75) is 6.92 Å². The predicted octanol–water partition coefficient (Wildman–Crippen LogP) is 4.07. The lowest BCUT2D eigenvalue weighted by atomic mass is 10.2. The second-order valence-electron chi connectivity index (χ2n) is 2.25. The van der Waals surface area contributed by atoms with Crippen molar-refractivity contribution >= 4 is 37.8 Å². The Kier molecular flexibility index (Phi) is 2.68. The van der Waals surface area contributed by atoms with Crippen molar-refractivity contribution < 1.29 is 0 Å². The van der Waals surface area contributed by atoms with Crippen LogP contribution in [0.5, 0.6) is 0 Å². The third-order valence-electron chi connectivity index (χ3n) is 1.35. The molecule has 0 N–H and O–H groups in total. The largest absolute Gasteiger partial charge is 0.139 e. The van der Waals surface area contributed by atoms with E-state index in [-0.39, 0.29) is 0 Å². The molecule has 0 saturated heterocycles. The zero-order chi connectivity index (χ0) is 8.43. The van der Waals surface area contributed by atoms with E-state index < -0.39 is 0 Å². The van der Waals surface area contributed by atoms with Gasteiger partial charge >= 0.3 is 0 Å². The predicted molar refractivity (Wildman–Crippen MR) is 57.1 cm³/mol. The molecule has 0 aliphatic rings. The van der Waals surface area contributed by atoms with Gasteiger partial charge in [0.1, 0.15) is 0 Å². The minimum Gasteiger partial charge on any atom is -0.139 e. The molecule has 0 unspecified atom stereocenters. The van der Waals surface area contributed by atoms with Gasteiger partial charge in [0.25, 0.3) is 0 Å². The molecule has 11 heavy (non-hydrogen) atoms. The highest BCUT2D eigenvalue weighted by molar-refractivity contribution is 9.15. The van der Waals surface area contributed by atoms with Gasteiger partial charge in [0.05, 0.1) is 0 Å². The van der Waals surface area contributed by atoms with Crippen LogP contribution in [-0.2, 0) is 0 Å². The summed E-state index contributed by atoms with van der Waals surface area (Å²) in [6.45, 7) is 9.64. The number of hydrogen-bond acceptors (Lipinski definition) is 1. The van der Waals surface area contributed by atoms with Crippen molar-refractivity contribution in [3.8, 4) is 0 Å². The van der Waals surface area contributed by atoms with Crippen LogP contribution >= 0.6 is 27.3 Å². The van der Waals surface area contributed by atoms with E-state index in [1.807, 2.05) is 6.08 Å². The van der Waals surface area contributed by atoms with Crippen LogP contribution in [0.15, 0.2) is 19.2 Å². The molecule has 0 amide bonds. The summed E-state index contributed by atoms with van der Waals surface area (Å²) >= 11 is 5.09. The minimum atomic E-state index is 0.936. The van der Waals surface area contributed by atoms with Gasteiger partial charge in [-0.1, -0.05) is 19.2 Å². The number of halogens is 1. The van der Waals surface area contributed by atoms with Crippen LogP contribution in [0.3, 0.4) is 0 Å². The molecular formula is C9H9BrS. The summed E-state index contributed by atoms with van der Waals surface area (Å²) in [7, 11) is 0. The van der Waals surface area contributed by atoms with Gasteiger partial charge in [0.2, 0.25) is 0 Å². The first-order chi connectivity index (χ1) is 5.15. The Labute approximate surface area is 79.4 Å². The third-order valence-corrected chi connectivity index (χ3v) is 3.14. The molecule has 1 rings (SSSR count). The van der Waals surface area contributed by atoms with E-state index in [2.05, 4.69) is 42.1 Å². The molecule has 0 aliphatic carbocycles. The molecule has 0 spiro atoms. The van der Waals surface area contributed by atoms with Gasteiger partial charge in [0.15, 0.2) is 0 Å². The summed E-state index contributed by atoms with van der Waals surface area (Å²) < 4.78 is 0.936. The fraction of sp³-hybridized carbons (Fsp3) is 0.111. The van der Waals surface area contributed by atoms with Crippen LogP contribution in [0.2, 0.25) is 0 Å². The smallest absolute Gasteiger partial charge is 0.0481 e. The van der Waals surface area contributed by atoms with Crippen LogP contribution in [0.4, 0.5) is 0 Å². The maximum absolute atomic E-state index is 3.83. The monoisotopic (exact) mass is 228 g/mol. The van der Waals surface area contributed by atoms with Crippen molar-refractivity contribution in [1.29, 1.82) is 0 Å². The normalized spacial score (nSPS) is 9.64. The molecule has 2 heteroatoms. The van der Waals surface area contributed by atoms with Gasteiger partial charge in [-0.2, -0.15) is 0 Å². The zero-order valence-electron chi connectivity index (χ0n) is 6.36.